The lowest BCUT2D eigenvalue weighted by Gasteiger charge is -2.45. The van der Waals surface area contributed by atoms with Crippen LogP contribution in [0.5, 0.6) is 5.75 Å². The van der Waals surface area contributed by atoms with E-state index in [1.807, 2.05) is 41.8 Å². The van der Waals surface area contributed by atoms with Crippen molar-refractivity contribution in [3.05, 3.63) is 47.3 Å². The number of nitrogens with zero attached hydrogens (tertiary/aromatic N) is 3. The van der Waals surface area contributed by atoms with E-state index in [0.29, 0.717) is 31.6 Å². The highest BCUT2D eigenvalue weighted by Crippen LogP contribution is 2.47. The molecule has 25 heavy (non-hydrogen) atoms. The number of ether oxygens (including phenoxy) is 1. The number of hydrogen-bond donors (Lipinski definition) is 0. The maximum Gasteiger partial charge on any atom is 0.253 e. The lowest BCUT2D eigenvalue weighted by atomic mass is 9.84. The summed E-state index contributed by atoms with van der Waals surface area (Å²) in [6.45, 7) is 1.89. The number of aromatic nitrogens is 1. The first kappa shape index (κ1) is 15.7. The van der Waals surface area contributed by atoms with Gasteiger partial charge in [-0.15, -0.1) is 0 Å². The van der Waals surface area contributed by atoms with Crippen LogP contribution in [0.1, 0.15) is 29.8 Å². The van der Waals surface area contributed by atoms with E-state index in [-0.39, 0.29) is 0 Å². The molecule has 2 aliphatic heterocycles. The summed E-state index contributed by atoms with van der Waals surface area (Å²) in [6.07, 6.45) is 1.14. The van der Waals surface area contributed by atoms with E-state index in [1.54, 1.807) is 4.90 Å². The number of amides is 1. The molecule has 0 atom stereocenters. The number of carbonyl (C=O) groups is 1. The average molecular weight is 339 g/mol. The maximum atomic E-state index is 12.7. The summed E-state index contributed by atoms with van der Waals surface area (Å²) in [5.74, 6) is 0.253. The summed E-state index contributed by atoms with van der Waals surface area (Å²) < 4.78 is 21.1. The summed E-state index contributed by atoms with van der Waals surface area (Å²) in [6, 6.07) is 11.8. The van der Waals surface area contributed by atoms with Gasteiger partial charge in [-0.25, -0.2) is 4.39 Å². The molecule has 0 aliphatic carbocycles. The number of rotatable bonds is 1. The molecular formula is C19H18FN3O2. The van der Waals surface area contributed by atoms with Gasteiger partial charge in [-0.3, -0.25) is 9.36 Å². The van der Waals surface area contributed by atoms with E-state index in [2.05, 4.69) is 6.07 Å². The Labute approximate surface area is 145 Å². The minimum absolute atomic E-state index is 0.442. The minimum Gasteiger partial charge on any atom is -0.479 e. The van der Waals surface area contributed by atoms with Gasteiger partial charge in [0.1, 0.15) is 17.5 Å². The number of halogens is 1. The first-order chi connectivity index (χ1) is 12.1. The second kappa shape index (κ2) is 5.62. The van der Waals surface area contributed by atoms with Gasteiger partial charge in [0.25, 0.3) is 5.91 Å². The lowest BCUT2D eigenvalue weighted by Crippen LogP contribution is -2.50. The summed E-state index contributed by atoms with van der Waals surface area (Å²) in [5, 5.41) is 9.56. The van der Waals surface area contributed by atoms with Gasteiger partial charge in [-0.1, -0.05) is 12.1 Å². The van der Waals surface area contributed by atoms with Crippen molar-refractivity contribution in [3.63, 3.8) is 0 Å². The van der Waals surface area contributed by atoms with Crippen molar-refractivity contribution in [1.29, 1.82) is 5.26 Å². The summed E-state index contributed by atoms with van der Waals surface area (Å²) in [4.78, 5) is 13.2. The third-order valence-electron chi connectivity index (χ3n) is 5.19. The van der Waals surface area contributed by atoms with E-state index in [9.17, 15) is 14.4 Å². The third kappa shape index (κ3) is 2.23. The largest absolute Gasteiger partial charge is 0.479 e. The maximum absolute atomic E-state index is 12.7. The van der Waals surface area contributed by atoms with Crippen molar-refractivity contribution in [3.8, 4) is 17.5 Å². The summed E-state index contributed by atoms with van der Waals surface area (Å²) in [5.41, 5.74) is 2.80. The first-order valence-electron chi connectivity index (χ1n) is 8.35. The normalized spacial score (nSPS) is 17.4. The highest BCUT2D eigenvalue weighted by molar-refractivity contribution is 5.77. The predicted molar refractivity (Wildman–Crippen MR) is 89.3 cm³/mol. The standard InChI is InChI=1S/C19H18FN3O2/c1-13-10-14(12-21)23-15-4-2-3-5-16(15)25-19(18(13)23)6-8-22(9-7-19)17(24)11-20/h2-5,10H,6-9,11H2,1H3. The van der Waals surface area contributed by atoms with Gasteiger partial charge in [-0.05, 0) is 30.7 Å². The predicted octanol–water partition coefficient (Wildman–Crippen LogP) is 2.84. The van der Waals surface area contributed by atoms with Crippen LogP contribution in [0, 0.1) is 18.3 Å². The number of hydrogen-bond acceptors (Lipinski definition) is 3. The van der Waals surface area contributed by atoms with Gasteiger partial charge in [-0.2, -0.15) is 5.26 Å². The number of alkyl halides is 1. The molecule has 0 bridgehead atoms. The molecule has 0 N–H and O–H groups in total. The Morgan fingerprint density at radius 2 is 2.08 bits per heavy atom. The van der Waals surface area contributed by atoms with Crippen LogP contribution in [-0.4, -0.2) is 35.1 Å². The number of carbonyl (C=O) groups excluding carboxylic acids is 1. The molecule has 0 saturated carbocycles. The zero-order valence-electron chi connectivity index (χ0n) is 14.0. The van der Waals surface area contributed by atoms with Gasteiger partial charge < -0.3 is 9.64 Å². The van der Waals surface area contributed by atoms with Crippen LogP contribution in [0.25, 0.3) is 5.69 Å². The molecule has 1 spiro atoms. The van der Waals surface area contributed by atoms with Gasteiger partial charge in [0.2, 0.25) is 0 Å². The Kier molecular flexibility index (Phi) is 3.53. The van der Waals surface area contributed by atoms with Gasteiger partial charge in [0.05, 0.1) is 11.4 Å². The fourth-order valence-corrected chi connectivity index (χ4v) is 4.06. The Morgan fingerprint density at radius 3 is 2.76 bits per heavy atom. The zero-order chi connectivity index (χ0) is 17.6. The smallest absolute Gasteiger partial charge is 0.253 e. The van der Waals surface area contributed by atoms with Crippen molar-refractivity contribution in [2.75, 3.05) is 19.8 Å². The van der Waals surface area contributed by atoms with Crippen LogP contribution in [0.4, 0.5) is 4.39 Å². The van der Waals surface area contributed by atoms with Crippen LogP contribution in [0.3, 0.4) is 0 Å². The molecule has 6 heteroatoms. The third-order valence-corrected chi connectivity index (χ3v) is 5.19. The molecular weight excluding hydrogens is 321 g/mol. The molecule has 128 valence electrons. The first-order valence-corrected chi connectivity index (χ1v) is 8.35. The van der Waals surface area contributed by atoms with E-state index < -0.39 is 18.2 Å². The van der Waals surface area contributed by atoms with Crippen molar-refractivity contribution in [2.45, 2.75) is 25.4 Å². The quantitative estimate of drug-likeness (QED) is 0.803. The Bertz CT molecular complexity index is 889. The summed E-state index contributed by atoms with van der Waals surface area (Å²) >= 11 is 0. The summed E-state index contributed by atoms with van der Waals surface area (Å²) in [7, 11) is 0. The Morgan fingerprint density at radius 1 is 1.36 bits per heavy atom. The van der Waals surface area contributed by atoms with Crippen molar-refractivity contribution in [2.24, 2.45) is 0 Å². The number of benzene rings is 1. The van der Waals surface area contributed by atoms with E-state index in [4.69, 9.17) is 4.74 Å². The monoisotopic (exact) mass is 339 g/mol. The Balaban J connectivity index is 1.82. The topological polar surface area (TPSA) is 58.3 Å². The van der Waals surface area contributed by atoms with E-state index >= 15 is 0 Å². The second-order valence-corrected chi connectivity index (χ2v) is 6.59. The molecule has 0 radical (unpaired) electrons. The van der Waals surface area contributed by atoms with Gasteiger partial charge in [0.15, 0.2) is 12.3 Å². The molecule has 2 aliphatic rings. The van der Waals surface area contributed by atoms with E-state index in [1.165, 1.54) is 0 Å². The fraction of sp³-hybridized carbons (Fsp3) is 0.368. The Hall–Kier alpha value is -2.81. The second-order valence-electron chi connectivity index (χ2n) is 6.59. The van der Waals surface area contributed by atoms with Crippen LogP contribution in [0.2, 0.25) is 0 Å². The molecule has 1 aromatic heterocycles. The van der Waals surface area contributed by atoms with Crippen molar-refractivity contribution >= 4 is 5.91 Å². The van der Waals surface area contributed by atoms with Crippen LogP contribution in [0.15, 0.2) is 30.3 Å². The number of fused-ring (bicyclic) bond motifs is 4. The SMILES string of the molecule is Cc1cc(C#N)n2c1C1(CCN(C(=O)CF)CC1)Oc1ccccc1-2. The number of piperidine rings is 1. The molecule has 0 unspecified atom stereocenters. The molecule has 4 rings (SSSR count). The average Bonchev–Trinajstić information content (AvgIpc) is 3.00. The number of likely N-dealkylation sites (tertiary alicyclic amines) is 1. The highest BCUT2D eigenvalue weighted by atomic mass is 19.1. The number of para-hydroxylation sites is 2. The molecule has 5 nitrogen and oxygen atoms in total. The van der Waals surface area contributed by atoms with E-state index in [0.717, 1.165) is 22.7 Å². The molecule has 2 aromatic rings. The fourth-order valence-electron chi connectivity index (χ4n) is 4.06. The molecule has 1 saturated heterocycles. The van der Waals surface area contributed by atoms with Crippen LogP contribution >= 0.6 is 0 Å². The molecule has 1 amide bonds. The number of nitriles is 1. The molecule has 1 fully saturated rings. The molecule has 3 heterocycles. The van der Waals surface area contributed by atoms with Crippen LogP contribution < -0.4 is 4.74 Å². The highest BCUT2D eigenvalue weighted by Gasteiger charge is 2.46. The van der Waals surface area contributed by atoms with Crippen molar-refractivity contribution < 1.29 is 13.9 Å². The molecule has 1 aromatic carbocycles. The van der Waals surface area contributed by atoms with Crippen molar-refractivity contribution in [1.82, 2.24) is 9.47 Å². The minimum atomic E-state index is -0.968. The van der Waals surface area contributed by atoms with Gasteiger partial charge >= 0.3 is 0 Å². The lowest BCUT2D eigenvalue weighted by molar-refractivity contribution is -0.136. The zero-order valence-corrected chi connectivity index (χ0v) is 14.0. The van der Waals surface area contributed by atoms with Crippen LogP contribution in [-0.2, 0) is 10.4 Å². The van der Waals surface area contributed by atoms with Gasteiger partial charge in [0, 0.05) is 25.9 Å². The number of aryl methyl sites for hydroxylation is 1.